The van der Waals surface area contributed by atoms with Crippen molar-refractivity contribution in [3.63, 3.8) is 0 Å². The number of rotatable bonds is 7. The maximum atomic E-state index is 12.7. The van der Waals surface area contributed by atoms with Gasteiger partial charge in [0.2, 0.25) is 11.8 Å². The number of ether oxygens (including phenoxy) is 1. The number of aryl methyl sites for hydroxylation is 1. The molecular formula is C28H26Cl2N2O3. The van der Waals surface area contributed by atoms with E-state index >= 15 is 0 Å². The molecule has 4 aromatic rings. The average Bonchev–Trinajstić information content (AvgIpc) is 3.26. The van der Waals surface area contributed by atoms with Crippen LogP contribution in [0, 0.1) is 6.92 Å². The van der Waals surface area contributed by atoms with Crippen LogP contribution in [-0.4, -0.2) is 18.0 Å². The van der Waals surface area contributed by atoms with Gasteiger partial charge in [0.25, 0.3) is 0 Å². The van der Waals surface area contributed by atoms with E-state index < -0.39 is 0 Å². The summed E-state index contributed by atoms with van der Waals surface area (Å²) in [5.74, 6) is 1.10. The maximum absolute atomic E-state index is 12.7. The fraction of sp³-hybridized carbons (Fsp3) is 0.214. The molecule has 0 spiro atoms. The normalized spacial score (nSPS) is 12.3. The molecule has 1 aromatic heterocycles. The first-order valence-electron chi connectivity index (χ1n) is 11.3. The third kappa shape index (κ3) is 5.53. The molecule has 1 heterocycles. The molecule has 0 fully saturated rings. The number of aromatic nitrogens is 1. The standard InChI is InChI=1S/C28H26Cl2N2O3/c1-5-16(2)18-8-10-25-24(13-18)32-28(35-25)20-7-6-17(3)23(14-20)31-26(33)11-9-19-12-21(29)15-22(30)27(19)34-4/h6-16H,5H2,1-4H3,(H,31,33)/b11-9+. The van der Waals surface area contributed by atoms with E-state index in [9.17, 15) is 4.79 Å². The number of hydrogen-bond donors (Lipinski definition) is 1. The predicted molar refractivity (Wildman–Crippen MR) is 144 cm³/mol. The molecule has 1 atom stereocenters. The second kappa shape index (κ2) is 10.5. The van der Waals surface area contributed by atoms with Crippen molar-refractivity contribution >= 4 is 52.0 Å². The lowest BCUT2D eigenvalue weighted by atomic mass is 9.98. The fourth-order valence-corrected chi connectivity index (χ4v) is 4.35. The van der Waals surface area contributed by atoms with Crippen LogP contribution in [0.4, 0.5) is 5.69 Å². The van der Waals surface area contributed by atoms with E-state index in [4.69, 9.17) is 32.4 Å². The number of anilines is 1. The van der Waals surface area contributed by atoms with Crippen molar-refractivity contribution in [3.05, 3.63) is 81.3 Å². The van der Waals surface area contributed by atoms with Crippen molar-refractivity contribution in [1.82, 2.24) is 4.98 Å². The Morgan fingerprint density at radius 2 is 1.97 bits per heavy atom. The number of halogens is 2. The van der Waals surface area contributed by atoms with E-state index in [2.05, 4.69) is 36.3 Å². The quantitative estimate of drug-likeness (QED) is 0.255. The Bertz CT molecular complexity index is 1430. The summed E-state index contributed by atoms with van der Waals surface area (Å²) in [6, 6.07) is 15.1. The Balaban J connectivity index is 1.57. The van der Waals surface area contributed by atoms with Gasteiger partial charge in [0.05, 0.1) is 12.1 Å². The van der Waals surface area contributed by atoms with Crippen LogP contribution in [0.5, 0.6) is 5.75 Å². The number of benzene rings is 3. The second-order valence-electron chi connectivity index (χ2n) is 8.42. The number of amides is 1. The van der Waals surface area contributed by atoms with Gasteiger partial charge in [-0.1, -0.05) is 49.2 Å². The van der Waals surface area contributed by atoms with Crippen molar-refractivity contribution in [2.45, 2.75) is 33.1 Å². The lowest BCUT2D eigenvalue weighted by Gasteiger charge is -2.09. The zero-order valence-corrected chi connectivity index (χ0v) is 21.5. The second-order valence-corrected chi connectivity index (χ2v) is 9.26. The average molecular weight is 509 g/mol. The van der Waals surface area contributed by atoms with E-state index in [0.717, 1.165) is 28.6 Å². The molecule has 0 radical (unpaired) electrons. The molecule has 0 saturated carbocycles. The number of methoxy groups -OCH3 is 1. The van der Waals surface area contributed by atoms with Crippen molar-refractivity contribution in [2.24, 2.45) is 0 Å². The van der Waals surface area contributed by atoms with Crippen LogP contribution < -0.4 is 10.1 Å². The highest BCUT2D eigenvalue weighted by Crippen LogP contribution is 2.33. The smallest absolute Gasteiger partial charge is 0.248 e. The third-order valence-electron chi connectivity index (χ3n) is 5.99. The molecule has 180 valence electrons. The Morgan fingerprint density at radius 3 is 2.71 bits per heavy atom. The summed E-state index contributed by atoms with van der Waals surface area (Å²) in [4.78, 5) is 17.4. The molecule has 7 heteroatoms. The first-order valence-corrected chi connectivity index (χ1v) is 12.1. The number of oxazole rings is 1. The van der Waals surface area contributed by atoms with Crippen LogP contribution in [0.3, 0.4) is 0 Å². The number of carbonyl (C=O) groups excluding carboxylic acids is 1. The number of carbonyl (C=O) groups is 1. The van der Waals surface area contributed by atoms with E-state index in [1.54, 1.807) is 18.2 Å². The van der Waals surface area contributed by atoms with Gasteiger partial charge in [0, 0.05) is 27.9 Å². The molecule has 3 aromatic carbocycles. The molecule has 0 aliphatic heterocycles. The van der Waals surface area contributed by atoms with E-state index in [1.165, 1.54) is 18.7 Å². The maximum Gasteiger partial charge on any atom is 0.248 e. The number of nitrogens with one attached hydrogen (secondary N) is 1. The molecule has 0 aliphatic rings. The van der Waals surface area contributed by atoms with Crippen LogP contribution in [-0.2, 0) is 4.79 Å². The summed E-state index contributed by atoms with van der Waals surface area (Å²) >= 11 is 12.3. The zero-order valence-electron chi connectivity index (χ0n) is 20.0. The Morgan fingerprint density at radius 1 is 1.17 bits per heavy atom. The van der Waals surface area contributed by atoms with Gasteiger partial charge in [-0.25, -0.2) is 4.98 Å². The van der Waals surface area contributed by atoms with E-state index in [0.29, 0.717) is 38.9 Å². The van der Waals surface area contributed by atoms with Gasteiger partial charge in [0.15, 0.2) is 5.58 Å². The summed E-state index contributed by atoms with van der Waals surface area (Å²) in [7, 11) is 1.51. The molecule has 1 unspecified atom stereocenters. The fourth-order valence-electron chi connectivity index (χ4n) is 3.76. The molecule has 35 heavy (non-hydrogen) atoms. The first-order chi connectivity index (χ1) is 16.8. The molecule has 1 amide bonds. The van der Waals surface area contributed by atoms with Crippen LogP contribution >= 0.6 is 23.2 Å². The van der Waals surface area contributed by atoms with Gasteiger partial charge in [-0.3, -0.25) is 4.79 Å². The largest absolute Gasteiger partial charge is 0.495 e. The number of hydrogen-bond acceptors (Lipinski definition) is 4. The minimum absolute atomic E-state index is 0.306. The van der Waals surface area contributed by atoms with Crippen molar-refractivity contribution < 1.29 is 13.9 Å². The summed E-state index contributed by atoms with van der Waals surface area (Å²) in [5.41, 5.74) is 5.75. The highest BCUT2D eigenvalue weighted by Gasteiger charge is 2.13. The molecule has 4 rings (SSSR count). The minimum atomic E-state index is -0.306. The summed E-state index contributed by atoms with van der Waals surface area (Å²) in [6.07, 6.45) is 4.08. The van der Waals surface area contributed by atoms with E-state index in [-0.39, 0.29) is 5.91 Å². The van der Waals surface area contributed by atoms with Crippen molar-refractivity contribution in [2.75, 3.05) is 12.4 Å². The SMILES string of the molecule is CCC(C)c1ccc2oc(-c3ccc(C)c(NC(=O)/C=C/c4cc(Cl)cc(Cl)c4OC)c3)nc2c1. The van der Waals surface area contributed by atoms with Gasteiger partial charge in [-0.2, -0.15) is 0 Å². The summed E-state index contributed by atoms with van der Waals surface area (Å²) in [5, 5.41) is 3.75. The highest BCUT2D eigenvalue weighted by atomic mass is 35.5. The van der Waals surface area contributed by atoms with Gasteiger partial charge in [-0.15, -0.1) is 0 Å². The monoisotopic (exact) mass is 508 g/mol. The topological polar surface area (TPSA) is 64.4 Å². The van der Waals surface area contributed by atoms with Crippen LogP contribution in [0.25, 0.3) is 28.6 Å². The van der Waals surface area contributed by atoms with Crippen molar-refractivity contribution in [1.29, 1.82) is 0 Å². The van der Waals surface area contributed by atoms with Gasteiger partial charge in [0.1, 0.15) is 11.3 Å². The molecule has 0 saturated heterocycles. The predicted octanol–water partition coefficient (Wildman–Crippen LogP) is 8.28. The molecule has 0 aliphatic carbocycles. The Kier molecular flexibility index (Phi) is 7.48. The summed E-state index contributed by atoms with van der Waals surface area (Å²) < 4.78 is 11.3. The third-order valence-corrected chi connectivity index (χ3v) is 6.49. The number of nitrogens with zero attached hydrogens (tertiary/aromatic N) is 1. The summed E-state index contributed by atoms with van der Waals surface area (Å²) in [6.45, 7) is 6.29. The van der Waals surface area contributed by atoms with Gasteiger partial charge >= 0.3 is 0 Å². The van der Waals surface area contributed by atoms with Crippen LogP contribution in [0.2, 0.25) is 10.0 Å². The first kappa shape index (κ1) is 24.8. The van der Waals surface area contributed by atoms with Crippen molar-refractivity contribution in [3.8, 4) is 17.2 Å². The van der Waals surface area contributed by atoms with E-state index in [1.807, 2.05) is 31.2 Å². The molecular weight excluding hydrogens is 483 g/mol. The minimum Gasteiger partial charge on any atom is -0.495 e. The van der Waals surface area contributed by atoms with Gasteiger partial charge in [-0.05, 0) is 72.9 Å². The molecule has 0 bridgehead atoms. The molecule has 1 N–H and O–H groups in total. The Labute approximate surface area is 214 Å². The number of fused-ring (bicyclic) bond motifs is 1. The lowest BCUT2D eigenvalue weighted by molar-refractivity contribution is -0.111. The van der Waals surface area contributed by atoms with Gasteiger partial charge < -0.3 is 14.5 Å². The highest BCUT2D eigenvalue weighted by molar-refractivity contribution is 6.36. The Hall–Kier alpha value is -3.28. The van der Waals surface area contributed by atoms with Crippen LogP contribution in [0.15, 0.2) is 59.0 Å². The van der Waals surface area contributed by atoms with Crippen LogP contribution in [0.1, 0.15) is 42.9 Å². The molecule has 5 nitrogen and oxygen atoms in total. The zero-order chi connectivity index (χ0) is 25.1. The lowest BCUT2D eigenvalue weighted by Crippen LogP contribution is -2.09.